The quantitative estimate of drug-likeness (QED) is 0.370. The summed E-state index contributed by atoms with van der Waals surface area (Å²) in [5, 5.41) is 6.84. The summed E-state index contributed by atoms with van der Waals surface area (Å²) in [6, 6.07) is 10.0. The molecule has 1 atom stereocenters. The van der Waals surface area contributed by atoms with Crippen molar-refractivity contribution in [2.24, 2.45) is 11.0 Å². The number of hydrogen-bond acceptors (Lipinski definition) is 5. The summed E-state index contributed by atoms with van der Waals surface area (Å²) in [5.41, 5.74) is 4.78. The third kappa shape index (κ3) is 7.09. The highest BCUT2D eigenvalue weighted by molar-refractivity contribution is 9.10. The fourth-order valence-electron chi connectivity index (χ4n) is 2.86. The molecule has 2 aromatic carbocycles. The number of ether oxygens (including phenoxy) is 2. The maximum absolute atomic E-state index is 12.7. The maximum Gasteiger partial charge on any atom is 0.262 e. The van der Waals surface area contributed by atoms with Gasteiger partial charge in [0, 0.05) is 5.56 Å². The van der Waals surface area contributed by atoms with Crippen molar-refractivity contribution in [3.8, 4) is 11.5 Å². The van der Waals surface area contributed by atoms with Gasteiger partial charge in [0.25, 0.3) is 11.8 Å². The molecule has 8 heteroatoms. The van der Waals surface area contributed by atoms with Gasteiger partial charge in [-0.1, -0.05) is 38.5 Å². The van der Waals surface area contributed by atoms with Crippen LogP contribution < -0.4 is 20.2 Å². The summed E-state index contributed by atoms with van der Waals surface area (Å²) in [5.74, 6) is 0.355. The third-order valence-corrected chi connectivity index (χ3v) is 5.23. The van der Waals surface area contributed by atoms with Gasteiger partial charge in [-0.25, -0.2) is 5.43 Å². The number of carbonyl (C=O) groups excluding carboxylic acids is 2. The first-order chi connectivity index (χ1) is 15.3. The van der Waals surface area contributed by atoms with Crippen molar-refractivity contribution in [1.29, 1.82) is 0 Å². The number of nitrogens with one attached hydrogen (secondary N) is 2. The molecule has 0 bridgehead atoms. The van der Waals surface area contributed by atoms with Gasteiger partial charge in [-0.05, 0) is 65.0 Å². The second-order valence-corrected chi connectivity index (χ2v) is 8.53. The first-order valence-electron chi connectivity index (χ1n) is 10.5. The van der Waals surface area contributed by atoms with Crippen LogP contribution in [0.3, 0.4) is 0 Å². The Labute approximate surface area is 197 Å². The summed E-state index contributed by atoms with van der Waals surface area (Å²) in [6.45, 7) is 8.27. The standard InChI is InChI=1S/C24H30BrN3O4/c1-6-11-32-22-19(25)12-17(13-20(22)31-5)14-26-28-24(30)21(15(2)3)27-23(29)18-9-7-16(4)8-10-18/h7-10,12-15,21H,6,11H2,1-5H3,(H,27,29)(H,28,30). The van der Waals surface area contributed by atoms with Crippen LogP contribution in [0.1, 0.15) is 48.7 Å². The van der Waals surface area contributed by atoms with Crippen LogP contribution in [0.15, 0.2) is 46.0 Å². The summed E-state index contributed by atoms with van der Waals surface area (Å²) in [7, 11) is 1.56. The van der Waals surface area contributed by atoms with Crippen molar-refractivity contribution >= 4 is 34.0 Å². The van der Waals surface area contributed by atoms with E-state index in [1.54, 1.807) is 25.3 Å². The largest absolute Gasteiger partial charge is 0.493 e. The number of amides is 2. The average molecular weight is 504 g/mol. The van der Waals surface area contributed by atoms with Crippen molar-refractivity contribution < 1.29 is 19.1 Å². The van der Waals surface area contributed by atoms with Gasteiger partial charge < -0.3 is 14.8 Å². The molecule has 32 heavy (non-hydrogen) atoms. The Hall–Kier alpha value is -2.87. The number of hydrazone groups is 1. The molecule has 172 valence electrons. The predicted molar refractivity (Wildman–Crippen MR) is 129 cm³/mol. The van der Waals surface area contributed by atoms with Crippen LogP contribution in [0.5, 0.6) is 11.5 Å². The van der Waals surface area contributed by atoms with Crippen molar-refractivity contribution in [2.45, 2.75) is 40.2 Å². The maximum atomic E-state index is 12.7. The van der Waals surface area contributed by atoms with Gasteiger partial charge in [0.15, 0.2) is 11.5 Å². The van der Waals surface area contributed by atoms with Crippen LogP contribution in [-0.2, 0) is 4.79 Å². The first-order valence-corrected chi connectivity index (χ1v) is 11.3. The van der Waals surface area contributed by atoms with E-state index in [9.17, 15) is 9.59 Å². The second-order valence-electron chi connectivity index (χ2n) is 7.68. The van der Waals surface area contributed by atoms with Crippen molar-refractivity contribution in [2.75, 3.05) is 13.7 Å². The van der Waals surface area contributed by atoms with Crippen LogP contribution in [0.2, 0.25) is 0 Å². The van der Waals surface area contributed by atoms with Crippen LogP contribution in [-0.4, -0.2) is 37.8 Å². The highest BCUT2D eigenvalue weighted by Crippen LogP contribution is 2.36. The minimum absolute atomic E-state index is 0.121. The molecule has 2 aromatic rings. The van der Waals surface area contributed by atoms with Gasteiger partial charge in [-0.3, -0.25) is 9.59 Å². The Morgan fingerprint density at radius 2 is 1.88 bits per heavy atom. The molecule has 2 rings (SSSR count). The number of nitrogens with zero attached hydrogens (tertiary/aromatic N) is 1. The van der Waals surface area contributed by atoms with E-state index in [0.717, 1.165) is 16.5 Å². The molecule has 7 nitrogen and oxygen atoms in total. The predicted octanol–water partition coefficient (Wildman–Crippen LogP) is 4.46. The number of carbonyl (C=O) groups is 2. The minimum atomic E-state index is -0.730. The minimum Gasteiger partial charge on any atom is -0.493 e. The average Bonchev–Trinajstić information content (AvgIpc) is 2.76. The zero-order valence-electron chi connectivity index (χ0n) is 19.1. The first kappa shape index (κ1) is 25.4. The SMILES string of the molecule is CCCOc1c(Br)cc(C=NNC(=O)C(NC(=O)c2ccc(C)cc2)C(C)C)cc1OC. The van der Waals surface area contributed by atoms with E-state index in [1.807, 2.05) is 45.9 Å². The highest BCUT2D eigenvalue weighted by Gasteiger charge is 2.24. The van der Waals surface area contributed by atoms with E-state index in [0.29, 0.717) is 29.2 Å². The fraction of sp³-hybridized carbons (Fsp3) is 0.375. The Kier molecular flexibility index (Phi) is 9.71. The third-order valence-electron chi connectivity index (χ3n) is 4.64. The number of hydrogen-bond donors (Lipinski definition) is 2. The molecule has 0 aliphatic rings. The van der Waals surface area contributed by atoms with Gasteiger partial charge in [-0.15, -0.1) is 0 Å². The van der Waals surface area contributed by atoms with Crippen LogP contribution in [0.25, 0.3) is 0 Å². The number of rotatable bonds is 10. The zero-order valence-corrected chi connectivity index (χ0v) is 20.7. The summed E-state index contributed by atoms with van der Waals surface area (Å²) >= 11 is 3.48. The topological polar surface area (TPSA) is 89.0 Å². The summed E-state index contributed by atoms with van der Waals surface area (Å²) < 4.78 is 11.8. The van der Waals surface area contributed by atoms with Gasteiger partial charge in [-0.2, -0.15) is 5.10 Å². The molecule has 1 unspecified atom stereocenters. The van der Waals surface area contributed by atoms with E-state index in [1.165, 1.54) is 6.21 Å². The molecule has 0 fully saturated rings. The highest BCUT2D eigenvalue weighted by atomic mass is 79.9. The molecule has 0 aromatic heterocycles. The van der Waals surface area contributed by atoms with Gasteiger partial charge in [0.05, 0.1) is 24.4 Å². The van der Waals surface area contributed by atoms with E-state index in [4.69, 9.17) is 9.47 Å². The van der Waals surface area contributed by atoms with Gasteiger partial charge in [0.2, 0.25) is 0 Å². The van der Waals surface area contributed by atoms with Crippen LogP contribution in [0, 0.1) is 12.8 Å². The lowest BCUT2D eigenvalue weighted by Crippen LogP contribution is -2.48. The van der Waals surface area contributed by atoms with Crippen LogP contribution >= 0.6 is 15.9 Å². The van der Waals surface area contributed by atoms with E-state index in [2.05, 4.69) is 31.8 Å². The fourth-order valence-corrected chi connectivity index (χ4v) is 3.44. The monoisotopic (exact) mass is 503 g/mol. The molecule has 0 saturated heterocycles. The number of methoxy groups -OCH3 is 1. The van der Waals surface area contributed by atoms with Gasteiger partial charge >= 0.3 is 0 Å². The van der Waals surface area contributed by atoms with E-state index < -0.39 is 11.9 Å². The number of benzene rings is 2. The molecule has 0 saturated carbocycles. The van der Waals surface area contributed by atoms with Crippen LogP contribution in [0.4, 0.5) is 0 Å². The van der Waals surface area contributed by atoms with Crippen molar-refractivity contribution in [1.82, 2.24) is 10.7 Å². The molecule has 0 heterocycles. The number of halogens is 1. The van der Waals surface area contributed by atoms with Gasteiger partial charge in [0.1, 0.15) is 6.04 Å². The van der Waals surface area contributed by atoms with E-state index in [-0.39, 0.29) is 11.8 Å². The molecular weight excluding hydrogens is 474 g/mol. The second kappa shape index (κ2) is 12.2. The Morgan fingerprint density at radius 3 is 2.47 bits per heavy atom. The van der Waals surface area contributed by atoms with E-state index >= 15 is 0 Å². The molecule has 0 radical (unpaired) electrons. The number of aryl methyl sites for hydroxylation is 1. The molecule has 0 aliphatic carbocycles. The lowest BCUT2D eigenvalue weighted by atomic mass is 10.0. The summed E-state index contributed by atoms with van der Waals surface area (Å²) in [4.78, 5) is 25.2. The zero-order chi connectivity index (χ0) is 23.7. The lowest BCUT2D eigenvalue weighted by Gasteiger charge is -2.20. The lowest BCUT2D eigenvalue weighted by molar-refractivity contribution is -0.123. The molecule has 0 spiro atoms. The Bertz CT molecular complexity index is 958. The molecule has 2 N–H and O–H groups in total. The molecular formula is C24H30BrN3O4. The smallest absolute Gasteiger partial charge is 0.262 e. The Morgan fingerprint density at radius 1 is 1.19 bits per heavy atom. The normalized spacial score (nSPS) is 12.0. The van der Waals surface area contributed by atoms with Crippen molar-refractivity contribution in [3.63, 3.8) is 0 Å². The molecule has 2 amide bonds. The molecule has 0 aliphatic heterocycles. The van der Waals surface area contributed by atoms with Crippen molar-refractivity contribution in [3.05, 3.63) is 57.6 Å². The summed E-state index contributed by atoms with van der Waals surface area (Å²) in [6.07, 6.45) is 2.39. The Balaban J connectivity index is 2.07.